The zero-order valence-electron chi connectivity index (χ0n) is 12.7. The van der Waals surface area contributed by atoms with Crippen LogP contribution in [0.2, 0.25) is 0 Å². The Morgan fingerprint density at radius 1 is 1.23 bits per heavy atom. The monoisotopic (exact) mass is 296 g/mol. The number of nitrogens with zero attached hydrogens (tertiary/aromatic N) is 1. The van der Waals surface area contributed by atoms with Gasteiger partial charge in [0.25, 0.3) is 0 Å². The van der Waals surface area contributed by atoms with Crippen LogP contribution in [-0.2, 0) is 4.74 Å². The molecule has 4 heteroatoms. The Morgan fingerprint density at radius 2 is 2.05 bits per heavy atom. The summed E-state index contributed by atoms with van der Waals surface area (Å²) in [5.41, 5.74) is 2.96. The third kappa shape index (κ3) is 3.17. The molecule has 0 amide bonds. The summed E-state index contributed by atoms with van der Waals surface area (Å²) in [5, 5.41) is 3.55. The van der Waals surface area contributed by atoms with Gasteiger partial charge < -0.3 is 10.1 Å². The van der Waals surface area contributed by atoms with Crippen LogP contribution in [0.3, 0.4) is 0 Å². The molecule has 1 aliphatic rings. The van der Waals surface area contributed by atoms with Crippen LogP contribution in [0, 0.1) is 0 Å². The smallest absolute Gasteiger partial charge is 0.337 e. The number of carbonyl (C=O) groups excluding carboxylic acids is 1. The van der Waals surface area contributed by atoms with Gasteiger partial charge in [-0.3, -0.25) is 4.98 Å². The topological polar surface area (TPSA) is 51.2 Å². The molecular formula is C18H20N2O2. The number of hydrogen-bond donors (Lipinski definition) is 1. The van der Waals surface area contributed by atoms with Crippen LogP contribution in [0.15, 0.2) is 48.7 Å². The lowest BCUT2D eigenvalue weighted by atomic mass is 9.86. The van der Waals surface area contributed by atoms with Gasteiger partial charge in [-0.25, -0.2) is 4.79 Å². The van der Waals surface area contributed by atoms with Crippen molar-refractivity contribution < 1.29 is 9.53 Å². The summed E-state index contributed by atoms with van der Waals surface area (Å²) in [5.74, 6) is 0.183. The summed E-state index contributed by atoms with van der Waals surface area (Å²) >= 11 is 0. The van der Waals surface area contributed by atoms with Gasteiger partial charge in [-0.1, -0.05) is 18.2 Å². The largest absolute Gasteiger partial charge is 0.465 e. The highest BCUT2D eigenvalue weighted by atomic mass is 16.5. The number of hydrogen-bond acceptors (Lipinski definition) is 4. The van der Waals surface area contributed by atoms with Gasteiger partial charge in [0.05, 0.1) is 12.7 Å². The van der Waals surface area contributed by atoms with Crippen molar-refractivity contribution in [3.63, 3.8) is 0 Å². The van der Waals surface area contributed by atoms with Crippen LogP contribution < -0.4 is 5.32 Å². The summed E-state index contributed by atoms with van der Waals surface area (Å²) in [6.07, 6.45) is 3.99. The van der Waals surface area contributed by atoms with Crippen molar-refractivity contribution in [2.24, 2.45) is 0 Å². The average Bonchev–Trinajstić information content (AvgIpc) is 2.62. The van der Waals surface area contributed by atoms with E-state index in [2.05, 4.69) is 16.4 Å². The lowest BCUT2D eigenvalue weighted by molar-refractivity contribution is 0.0600. The van der Waals surface area contributed by atoms with Gasteiger partial charge in [0, 0.05) is 23.9 Å². The molecule has 0 aliphatic carbocycles. The molecule has 0 spiro atoms. The Morgan fingerprint density at radius 3 is 2.73 bits per heavy atom. The predicted molar refractivity (Wildman–Crippen MR) is 84.7 cm³/mol. The normalized spacial score (nSPS) is 21.3. The number of rotatable bonds is 3. The first kappa shape index (κ1) is 14.7. The highest BCUT2D eigenvalue weighted by Crippen LogP contribution is 2.33. The Bertz CT molecular complexity index is 625. The molecule has 22 heavy (non-hydrogen) atoms. The number of benzene rings is 1. The standard InChI is InChI=1S/C18H20N2O2/c1-22-18(21)14-7-5-13(6-8-14)17-12-15(9-11-20-17)16-4-2-3-10-19-16/h2-8,10,15,17,20H,9,11-12H2,1H3/t15?,17-/m0/s1. The molecule has 1 N–H and O–H groups in total. The second-order valence-electron chi connectivity index (χ2n) is 5.60. The van der Waals surface area contributed by atoms with E-state index in [0.29, 0.717) is 17.5 Å². The van der Waals surface area contributed by atoms with E-state index < -0.39 is 0 Å². The zero-order chi connectivity index (χ0) is 15.4. The highest BCUT2D eigenvalue weighted by molar-refractivity contribution is 5.89. The summed E-state index contributed by atoms with van der Waals surface area (Å²) < 4.78 is 4.73. The Labute approximate surface area is 130 Å². The van der Waals surface area contributed by atoms with E-state index in [1.54, 1.807) is 0 Å². The van der Waals surface area contributed by atoms with Crippen LogP contribution >= 0.6 is 0 Å². The summed E-state index contributed by atoms with van der Waals surface area (Å²) in [6.45, 7) is 0.977. The summed E-state index contributed by atoms with van der Waals surface area (Å²) in [6, 6.07) is 14.1. The van der Waals surface area contributed by atoms with Crippen LogP contribution in [0.1, 0.15) is 46.4 Å². The van der Waals surface area contributed by atoms with Gasteiger partial charge in [-0.15, -0.1) is 0 Å². The molecule has 114 valence electrons. The molecule has 4 nitrogen and oxygen atoms in total. The predicted octanol–water partition coefficient (Wildman–Crippen LogP) is 3.08. The number of aromatic nitrogens is 1. The molecule has 1 aromatic carbocycles. The first-order valence-electron chi connectivity index (χ1n) is 7.60. The molecular weight excluding hydrogens is 276 g/mol. The van der Waals surface area contributed by atoms with E-state index >= 15 is 0 Å². The molecule has 2 heterocycles. The quantitative estimate of drug-likeness (QED) is 0.884. The maximum Gasteiger partial charge on any atom is 0.337 e. The van der Waals surface area contributed by atoms with Crippen molar-refractivity contribution in [2.45, 2.75) is 24.8 Å². The van der Waals surface area contributed by atoms with E-state index in [0.717, 1.165) is 19.4 Å². The molecule has 0 radical (unpaired) electrons. The van der Waals surface area contributed by atoms with Crippen molar-refractivity contribution in [2.75, 3.05) is 13.7 Å². The lowest BCUT2D eigenvalue weighted by Crippen LogP contribution is -2.31. The van der Waals surface area contributed by atoms with Crippen LogP contribution in [0.4, 0.5) is 0 Å². The van der Waals surface area contributed by atoms with E-state index in [1.165, 1.54) is 18.4 Å². The first-order valence-corrected chi connectivity index (χ1v) is 7.60. The minimum atomic E-state index is -0.297. The van der Waals surface area contributed by atoms with E-state index in [1.807, 2.05) is 42.6 Å². The molecule has 2 atom stereocenters. The second-order valence-corrected chi connectivity index (χ2v) is 5.60. The van der Waals surface area contributed by atoms with Crippen LogP contribution in [0.5, 0.6) is 0 Å². The van der Waals surface area contributed by atoms with Gasteiger partial charge in [0.15, 0.2) is 0 Å². The fraction of sp³-hybridized carbons (Fsp3) is 0.333. The van der Waals surface area contributed by atoms with Gasteiger partial charge >= 0.3 is 5.97 Å². The molecule has 0 saturated carbocycles. The fourth-order valence-electron chi connectivity index (χ4n) is 3.03. The van der Waals surface area contributed by atoms with Crippen molar-refractivity contribution in [1.29, 1.82) is 0 Å². The second kappa shape index (κ2) is 6.71. The maximum absolute atomic E-state index is 11.5. The third-order valence-electron chi connectivity index (χ3n) is 4.24. The number of pyridine rings is 1. The van der Waals surface area contributed by atoms with Crippen LogP contribution in [0.25, 0.3) is 0 Å². The first-order chi connectivity index (χ1) is 10.8. The van der Waals surface area contributed by atoms with Gasteiger partial charge in [-0.2, -0.15) is 0 Å². The number of carbonyl (C=O) groups is 1. The number of esters is 1. The molecule has 3 rings (SSSR count). The minimum absolute atomic E-state index is 0.297. The highest BCUT2D eigenvalue weighted by Gasteiger charge is 2.24. The van der Waals surface area contributed by atoms with Crippen molar-refractivity contribution in [1.82, 2.24) is 10.3 Å². The molecule has 1 aromatic heterocycles. The number of methoxy groups -OCH3 is 1. The van der Waals surface area contributed by atoms with Crippen molar-refractivity contribution in [3.05, 3.63) is 65.5 Å². The van der Waals surface area contributed by atoms with E-state index in [-0.39, 0.29) is 5.97 Å². The molecule has 1 fully saturated rings. The van der Waals surface area contributed by atoms with Crippen LogP contribution in [-0.4, -0.2) is 24.6 Å². The summed E-state index contributed by atoms with van der Waals surface area (Å²) in [7, 11) is 1.40. The molecule has 1 unspecified atom stereocenters. The molecule has 0 bridgehead atoms. The number of piperidine rings is 1. The van der Waals surface area contributed by atoms with Gasteiger partial charge in [-0.05, 0) is 49.2 Å². The van der Waals surface area contributed by atoms with E-state index in [9.17, 15) is 4.79 Å². The average molecular weight is 296 g/mol. The number of nitrogens with one attached hydrogen (secondary N) is 1. The maximum atomic E-state index is 11.5. The molecule has 1 saturated heterocycles. The lowest BCUT2D eigenvalue weighted by Gasteiger charge is -2.30. The fourth-order valence-corrected chi connectivity index (χ4v) is 3.03. The Kier molecular flexibility index (Phi) is 4.49. The summed E-state index contributed by atoms with van der Waals surface area (Å²) in [4.78, 5) is 16.0. The molecule has 1 aliphatic heterocycles. The number of ether oxygens (including phenoxy) is 1. The van der Waals surface area contributed by atoms with Crippen molar-refractivity contribution in [3.8, 4) is 0 Å². The minimum Gasteiger partial charge on any atom is -0.465 e. The van der Waals surface area contributed by atoms with Gasteiger partial charge in [0.1, 0.15) is 0 Å². The van der Waals surface area contributed by atoms with E-state index in [4.69, 9.17) is 4.74 Å². The Balaban J connectivity index is 1.73. The third-order valence-corrected chi connectivity index (χ3v) is 4.24. The SMILES string of the molecule is COC(=O)c1ccc([C@@H]2CC(c3ccccn3)CCN2)cc1. The zero-order valence-corrected chi connectivity index (χ0v) is 12.7. The Hall–Kier alpha value is -2.20. The van der Waals surface area contributed by atoms with Gasteiger partial charge in [0.2, 0.25) is 0 Å². The van der Waals surface area contributed by atoms with Crippen molar-refractivity contribution >= 4 is 5.97 Å². The molecule has 2 aromatic rings.